The van der Waals surface area contributed by atoms with Gasteiger partial charge in [0, 0.05) is 38.4 Å². The van der Waals surface area contributed by atoms with Crippen molar-refractivity contribution in [3.05, 3.63) is 64.6 Å². The third-order valence-corrected chi connectivity index (χ3v) is 13.2. The number of fused-ring (bicyclic) bond motifs is 1. The van der Waals surface area contributed by atoms with Gasteiger partial charge >= 0.3 is 0 Å². The van der Waals surface area contributed by atoms with Crippen LogP contribution in [0.15, 0.2) is 53.4 Å². The summed E-state index contributed by atoms with van der Waals surface area (Å²) in [6.07, 6.45) is 8.58. The van der Waals surface area contributed by atoms with E-state index in [1.54, 1.807) is 17.5 Å². The quantitative estimate of drug-likeness (QED) is 0.131. The molecule has 5 atom stereocenters. The van der Waals surface area contributed by atoms with Crippen molar-refractivity contribution in [2.24, 2.45) is 17.8 Å². The van der Waals surface area contributed by atoms with Crippen LogP contribution >= 0.6 is 11.3 Å². The highest BCUT2D eigenvalue weighted by Crippen LogP contribution is 2.38. The van der Waals surface area contributed by atoms with Crippen LogP contribution in [0.25, 0.3) is 10.8 Å². The minimum absolute atomic E-state index is 0.00624. The molecule has 3 aromatic rings. The minimum atomic E-state index is -1.24. The number of nitrogens with zero attached hydrogens (tertiary/aromatic N) is 2. The molecular formula is C44H61N5O7S. The Hall–Kier alpha value is -3.91. The number of thiazole rings is 1. The molecule has 13 heteroatoms. The van der Waals surface area contributed by atoms with Gasteiger partial charge in [0.2, 0.25) is 23.6 Å². The van der Waals surface area contributed by atoms with Gasteiger partial charge in [-0.3, -0.25) is 19.2 Å². The zero-order chi connectivity index (χ0) is 40.2. The molecule has 310 valence electrons. The number of aliphatic hydroxyl groups excluding tert-OH is 1. The first kappa shape index (κ1) is 42.7. The van der Waals surface area contributed by atoms with Gasteiger partial charge in [0.25, 0.3) is 0 Å². The molecular weight excluding hydrogens is 743 g/mol. The van der Waals surface area contributed by atoms with Crippen molar-refractivity contribution in [1.82, 2.24) is 25.8 Å². The Morgan fingerprint density at radius 1 is 0.912 bits per heavy atom. The molecule has 2 aliphatic carbocycles. The molecule has 0 unspecified atom stereocenters. The van der Waals surface area contributed by atoms with Gasteiger partial charge in [-0.25, -0.2) is 4.98 Å². The molecule has 5 N–H and O–H groups in total. The highest BCUT2D eigenvalue weighted by molar-refractivity contribution is 7.07. The number of carbonyl (C=O) groups is 4. The highest BCUT2D eigenvalue weighted by Gasteiger charge is 2.44. The van der Waals surface area contributed by atoms with E-state index in [-0.39, 0.29) is 37.0 Å². The summed E-state index contributed by atoms with van der Waals surface area (Å²) in [6, 6.07) is 12.1. The second-order valence-electron chi connectivity index (χ2n) is 16.5. The third-order valence-electron chi connectivity index (χ3n) is 12.5. The predicted octanol–water partition coefficient (Wildman–Crippen LogP) is 4.70. The molecule has 1 aromatic heterocycles. The molecule has 0 bridgehead atoms. The van der Waals surface area contributed by atoms with Gasteiger partial charge < -0.3 is 35.8 Å². The molecule has 3 fully saturated rings. The number of rotatable bonds is 17. The van der Waals surface area contributed by atoms with Crippen molar-refractivity contribution in [1.29, 1.82) is 0 Å². The van der Waals surface area contributed by atoms with Crippen molar-refractivity contribution in [2.45, 2.75) is 120 Å². The summed E-state index contributed by atoms with van der Waals surface area (Å²) in [4.78, 5) is 62.2. The summed E-state index contributed by atoms with van der Waals surface area (Å²) < 4.78 is 5.47. The van der Waals surface area contributed by atoms with Crippen molar-refractivity contribution < 1.29 is 34.1 Å². The number of nitrogens with one attached hydrogen (secondary N) is 3. The first-order valence-electron chi connectivity index (χ1n) is 21.1. The van der Waals surface area contributed by atoms with Crippen LogP contribution in [0, 0.1) is 17.8 Å². The number of aromatic nitrogens is 1. The van der Waals surface area contributed by atoms with Gasteiger partial charge in [0.05, 0.1) is 54.0 Å². The fourth-order valence-electron chi connectivity index (χ4n) is 9.23. The average Bonchev–Trinajstić information content (AvgIpc) is 3.76. The maximum Gasteiger partial charge on any atom is 0.243 e. The number of carbonyl (C=O) groups excluding carboxylic acids is 4. The van der Waals surface area contributed by atoms with E-state index in [4.69, 9.17) is 4.74 Å². The van der Waals surface area contributed by atoms with Crippen LogP contribution in [0.5, 0.6) is 0 Å². The highest BCUT2D eigenvalue weighted by atomic mass is 32.1. The summed E-state index contributed by atoms with van der Waals surface area (Å²) in [5.74, 6) is -2.68. The van der Waals surface area contributed by atoms with E-state index < -0.39 is 47.4 Å². The zero-order valence-electron chi connectivity index (χ0n) is 33.3. The lowest BCUT2D eigenvalue weighted by Crippen LogP contribution is -2.56. The van der Waals surface area contributed by atoms with Crippen LogP contribution in [-0.4, -0.2) is 101 Å². The monoisotopic (exact) mass is 803 g/mol. The summed E-state index contributed by atoms with van der Waals surface area (Å²) in [5, 5.41) is 36.4. The molecule has 4 amide bonds. The maximum atomic E-state index is 14.5. The molecule has 6 rings (SSSR count). The Kier molecular flexibility index (Phi) is 15.5. The Balaban J connectivity index is 1.25. The molecule has 1 aliphatic heterocycles. The standard InChI is InChI=1S/C44H61N5O7S/c1-45-42(53)36(44(55)17-8-3-9-18-44)27-39(50)37(23-30-11-4-2-5-12-30)47-43(54)38(26-34-28-57-29-46-34)48-41(52)33(25-40(51)49-19-21-56-22-20-49)24-32-15-10-14-31-13-6-7-16-35(31)32/h6-7,10,13-16,28-30,33,36-39,50,55H,2-5,8-9,11-12,17-27H2,1H3,(H,45,53)(H,47,54)(H,48,52)/t33-,36-,37+,38+,39+/m1/s1. The van der Waals surface area contributed by atoms with E-state index in [9.17, 15) is 29.4 Å². The van der Waals surface area contributed by atoms with Crippen LogP contribution in [0.3, 0.4) is 0 Å². The number of amides is 4. The SMILES string of the molecule is CNC(=O)[C@@H](C[C@H](O)[C@H](CC1CCCCC1)NC(=O)[C@H](Cc1cscn1)NC(=O)[C@@H](CC(=O)N1CCOCC1)Cc1cccc2ccccc12)C1(O)CCCCC1. The molecule has 12 nitrogen and oxygen atoms in total. The topological polar surface area (TPSA) is 170 Å². The van der Waals surface area contributed by atoms with Crippen molar-refractivity contribution in [3.8, 4) is 0 Å². The molecule has 2 aromatic carbocycles. The smallest absolute Gasteiger partial charge is 0.243 e. The summed E-state index contributed by atoms with van der Waals surface area (Å²) in [6.45, 7) is 1.80. The lowest BCUT2D eigenvalue weighted by molar-refractivity contribution is -0.141. The number of hydrogen-bond donors (Lipinski definition) is 5. The first-order valence-corrected chi connectivity index (χ1v) is 22.0. The third kappa shape index (κ3) is 11.6. The Morgan fingerprint density at radius 2 is 1.63 bits per heavy atom. The molecule has 3 aliphatic rings. The zero-order valence-corrected chi connectivity index (χ0v) is 34.2. The molecule has 2 heterocycles. The number of aliphatic hydroxyl groups is 2. The van der Waals surface area contributed by atoms with Crippen LogP contribution in [0.4, 0.5) is 0 Å². The fourth-order valence-corrected chi connectivity index (χ4v) is 9.80. The molecule has 0 radical (unpaired) electrons. The van der Waals surface area contributed by atoms with Crippen molar-refractivity contribution >= 4 is 45.7 Å². The second-order valence-corrected chi connectivity index (χ2v) is 17.2. The maximum absolute atomic E-state index is 14.5. The minimum Gasteiger partial charge on any atom is -0.391 e. The van der Waals surface area contributed by atoms with Crippen LogP contribution in [-0.2, 0) is 36.8 Å². The fraction of sp³-hybridized carbons (Fsp3) is 0.614. The van der Waals surface area contributed by atoms with Gasteiger partial charge in [-0.2, -0.15) is 0 Å². The molecule has 2 saturated carbocycles. The number of morpholine rings is 1. The number of benzene rings is 2. The molecule has 0 spiro atoms. The van der Waals surface area contributed by atoms with Gasteiger partial charge in [-0.15, -0.1) is 11.3 Å². The molecule has 1 saturated heterocycles. The Morgan fingerprint density at radius 3 is 2.35 bits per heavy atom. The van der Waals surface area contributed by atoms with Gasteiger partial charge in [0.1, 0.15) is 6.04 Å². The summed E-state index contributed by atoms with van der Waals surface area (Å²) in [7, 11) is 1.54. The van der Waals surface area contributed by atoms with E-state index in [0.29, 0.717) is 57.7 Å². The first-order chi connectivity index (χ1) is 27.6. The van der Waals surface area contributed by atoms with Crippen LogP contribution < -0.4 is 16.0 Å². The van der Waals surface area contributed by atoms with E-state index in [2.05, 4.69) is 20.9 Å². The van der Waals surface area contributed by atoms with E-state index >= 15 is 0 Å². The number of ether oxygens (including phenoxy) is 1. The predicted molar refractivity (Wildman–Crippen MR) is 220 cm³/mol. The van der Waals surface area contributed by atoms with Crippen molar-refractivity contribution in [3.63, 3.8) is 0 Å². The largest absolute Gasteiger partial charge is 0.391 e. The Labute approximate surface area is 340 Å². The van der Waals surface area contributed by atoms with Gasteiger partial charge in [-0.05, 0) is 54.4 Å². The lowest BCUT2D eigenvalue weighted by atomic mass is 9.72. The number of hydrogen-bond acceptors (Lipinski definition) is 9. The Bertz CT molecular complexity index is 1770. The second kappa shape index (κ2) is 20.7. The van der Waals surface area contributed by atoms with Gasteiger partial charge in [-0.1, -0.05) is 93.8 Å². The van der Waals surface area contributed by atoms with E-state index in [0.717, 1.165) is 67.7 Å². The summed E-state index contributed by atoms with van der Waals surface area (Å²) >= 11 is 1.39. The van der Waals surface area contributed by atoms with E-state index in [1.165, 1.54) is 11.3 Å². The van der Waals surface area contributed by atoms with Crippen LogP contribution in [0.2, 0.25) is 0 Å². The van der Waals surface area contributed by atoms with Crippen molar-refractivity contribution in [2.75, 3.05) is 33.4 Å². The normalized spacial score (nSPS) is 20.2. The summed E-state index contributed by atoms with van der Waals surface area (Å²) in [5.41, 5.74) is 2.02. The lowest BCUT2D eigenvalue weighted by Gasteiger charge is -2.40. The van der Waals surface area contributed by atoms with Crippen LogP contribution in [0.1, 0.15) is 94.7 Å². The van der Waals surface area contributed by atoms with Gasteiger partial charge in [0.15, 0.2) is 0 Å². The average molecular weight is 804 g/mol. The van der Waals surface area contributed by atoms with E-state index in [1.807, 2.05) is 47.8 Å². The molecule has 57 heavy (non-hydrogen) atoms.